The lowest BCUT2D eigenvalue weighted by Crippen LogP contribution is -2.31. The number of nitrogens with one attached hydrogen (secondary N) is 1. The third-order valence-electron chi connectivity index (χ3n) is 4.35. The number of carbonyl (C=O) groups excluding carboxylic acids is 1. The van der Waals surface area contributed by atoms with Gasteiger partial charge in [0.2, 0.25) is 0 Å². The summed E-state index contributed by atoms with van der Waals surface area (Å²) < 4.78 is 7.95. The quantitative estimate of drug-likeness (QED) is 0.537. The van der Waals surface area contributed by atoms with Gasteiger partial charge in [-0.05, 0) is 12.1 Å². The molecule has 1 aromatic carbocycles. The fourth-order valence-corrected chi connectivity index (χ4v) is 2.84. The van der Waals surface area contributed by atoms with E-state index in [1.54, 1.807) is 31.4 Å². The summed E-state index contributed by atoms with van der Waals surface area (Å²) in [6, 6.07) is 16.4. The fraction of sp³-hybridized carbons (Fsp3) is 0.150. The van der Waals surface area contributed by atoms with Gasteiger partial charge >= 0.3 is 5.69 Å². The van der Waals surface area contributed by atoms with Gasteiger partial charge in [0.15, 0.2) is 17.3 Å². The van der Waals surface area contributed by atoms with Gasteiger partial charge in [-0.2, -0.15) is 0 Å². The molecular formula is C20H18N6O3. The van der Waals surface area contributed by atoms with Gasteiger partial charge in [0.1, 0.15) is 5.69 Å². The Morgan fingerprint density at radius 3 is 2.69 bits per heavy atom. The number of benzene rings is 1. The molecule has 9 heteroatoms. The molecule has 29 heavy (non-hydrogen) atoms. The Kier molecular flexibility index (Phi) is 5.02. The Morgan fingerprint density at radius 1 is 1.14 bits per heavy atom. The van der Waals surface area contributed by atoms with Gasteiger partial charge in [-0.3, -0.25) is 14.3 Å². The third-order valence-corrected chi connectivity index (χ3v) is 4.35. The molecule has 0 bridgehead atoms. The Balaban J connectivity index is 1.40. The van der Waals surface area contributed by atoms with E-state index < -0.39 is 0 Å². The highest BCUT2D eigenvalue weighted by Crippen LogP contribution is 2.19. The Labute approximate surface area is 165 Å². The lowest BCUT2D eigenvalue weighted by Gasteiger charge is -2.01. The van der Waals surface area contributed by atoms with Gasteiger partial charge in [-0.15, -0.1) is 5.10 Å². The van der Waals surface area contributed by atoms with E-state index in [0.717, 1.165) is 5.56 Å². The largest absolute Gasteiger partial charge is 0.355 e. The zero-order valence-electron chi connectivity index (χ0n) is 15.6. The van der Waals surface area contributed by atoms with E-state index in [-0.39, 0.29) is 30.4 Å². The molecule has 0 unspecified atom stereocenters. The average molecular weight is 390 g/mol. The van der Waals surface area contributed by atoms with Crippen molar-refractivity contribution in [3.63, 3.8) is 0 Å². The summed E-state index contributed by atoms with van der Waals surface area (Å²) in [6.45, 7) is 0.430. The molecule has 0 aliphatic heterocycles. The van der Waals surface area contributed by atoms with Gasteiger partial charge in [0.25, 0.3) is 5.91 Å². The first kappa shape index (κ1) is 18.4. The molecule has 0 aliphatic carbocycles. The van der Waals surface area contributed by atoms with Crippen molar-refractivity contribution in [1.82, 2.24) is 29.8 Å². The molecule has 0 saturated carbocycles. The molecule has 0 atom stereocenters. The van der Waals surface area contributed by atoms with Crippen molar-refractivity contribution in [2.45, 2.75) is 6.54 Å². The fourth-order valence-electron chi connectivity index (χ4n) is 2.84. The lowest BCUT2D eigenvalue weighted by atomic mass is 10.1. The van der Waals surface area contributed by atoms with Crippen LogP contribution in [-0.2, 0) is 13.6 Å². The number of aromatic nitrogens is 5. The predicted octanol–water partition coefficient (Wildman–Crippen LogP) is 1.73. The molecule has 146 valence electrons. The summed E-state index contributed by atoms with van der Waals surface area (Å²) in [5, 5.41) is 10.8. The van der Waals surface area contributed by atoms with Crippen molar-refractivity contribution in [3.05, 3.63) is 77.0 Å². The van der Waals surface area contributed by atoms with Gasteiger partial charge < -0.3 is 9.84 Å². The van der Waals surface area contributed by atoms with Crippen LogP contribution >= 0.6 is 0 Å². The average Bonchev–Trinajstić information content (AvgIpc) is 3.36. The van der Waals surface area contributed by atoms with Gasteiger partial charge in [0, 0.05) is 31.4 Å². The molecule has 1 amide bonds. The predicted molar refractivity (Wildman–Crippen MR) is 105 cm³/mol. The zero-order chi connectivity index (χ0) is 20.2. The summed E-state index contributed by atoms with van der Waals surface area (Å²) in [7, 11) is 1.63. The van der Waals surface area contributed by atoms with Crippen molar-refractivity contribution in [1.29, 1.82) is 0 Å². The second kappa shape index (κ2) is 7.93. The minimum absolute atomic E-state index is 0.173. The summed E-state index contributed by atoms with van der Waals surface area (Å²) in [6.07, 6.45) is 1.64. The van der Waals surface area contributed by atoms with Crippen molar-refractivity contribution in [2.24, 2.45) is 7.05 Å². The zero-order valence-corrected chi connectivity index (χ0v) is 15.6. The van der Waals surface area contributed by atoms with E-state index in [4.69, 9.17) is 4.52 Å². The van der Waals surface area contributed by atoms with E-state index in [9.17, 15) is 9.59 Å². The number of nitrogens with zero attached hydrogens (tertiary/aromatic N) is 5. The molecular weight excluding hydrogens is 372 g/mol. The number of hydrogen-bond donors (Lipinski definition) is 1. The van der Waals surface area contributed by atoms with Crippen LogP contribution < -0.4 is 11.0 Å². The summed E-state index contributed by atoms with van der Waals surface area (Å²) >= 11 is 0. The molecule has 4 aromatic rings. The first-order valence-electron chi connectivity index (χ1n) is 8.99. The molecule has 0 radical (unpaired) electrons. The van der Waals surface area contributed by atoms with E-state index in [0.29, 0.717) is 17.3 Å². The minimum atomic E-state index is -0.384. The van der Waals surface area contributed by atoms with Crippen LogP contribution in [-0.4, -0.2) is 36.9 Å². The molecule has 0 saturated heterocycles. The topological polar surface area (TPSA) is 108 Å². The molecule has 9 nitrogen and oxygen atoms in total. The van der Waals surface area contributed by atoms with E-state index in [1.807, 2.05) is 36.4 Å². The smallest absolute Gasteiger partial charge is 0.346 e. The van der Waals surface area contributed by atoms with Crippen molar-refractivity contribution < 1.29 is 9.32 Å². The van der Waals surface area contributed by atoms with Crippen LogP contribution in [0.25, 0.3) is 22.8 Å². The van der Waals surface area contributed by atoms with Gasteiger partial charge in [-0.1, -0.05) is 41.6 Å². The molecule has 3 aromatic heterocycles. The first-order valence-corrected chi connectivity index (χ1v) is 8.99. The monoisotopic (exact) mass is 390 g/mol. The van der Waals surface area contributed by atoms with Crippen LogP contribution in [0.4, 0.5) is 0 Å². The summed E-state index contributed by atoms with van der Waals surface area (Å²) in [5.74, 6) is 0.590. The molecule has 1 N–H and O–H groups in total. The Hall–Kier alpha value is -4.01. The van der Waals surface area contributed by atoms with Crippen LogP contribution in [0.3, 0.4) is 0 Å². The summed E-state index contributed by atoms with van der Waals surface area (Å²) in [4.78, 5) is 28.9. The van der Waals surface area contributed by atoms with E-state index in [2.05, 4.69) is 20.6 Å². The number of carbonyl (C=O) groups is 1. The molecule has 0 spiro atoms. The maximum atomic E-state index is 12.4. The highest BCUT2D eigenvalue weighted by atomic mass is 16.5. The van der Waals surface area contributed by atoms with E-state index >= 15 is 0 Å². The van der Waals surface area contributed by atoms with Crippen molar-refractivity contribution >= 4 is 5.91 Å². The highest BCUT2D eigenvalue weighted by Gasteiger charge is 2.15. The molecule has 0 aliphatic rings. The molecule has 0 fully saturated rings. The van der Waals surface area contributed by atoms with Crippen LogP contribution in [0.5, 0.6) is 0 Å². The van der Waals surface area contributed by atoms with Crippen molar-refractivity contribution in [2.75, 3.05) is 6.54 Å². The van der Waals surface area contributed by atoms with E-state index in [1.165, 1.54) is 9.25 Å². The van der Waals surface area contributed by atoms with Gasteiger partial charge in [-0.25, -0.2) is 9.48 Å². The van der Waals surface area contributed by atoms with Crippen molar-refractivity contribution in [3.8, 4) is 22.8 Å². The maximum Gasteiger partial charge on any atom is 0.346 e. The Bertz CT molecular complexity index is 1180. The summed E-state index contributed by atoms with van der Waals surface area (Å²) in [5.41, 5.74) is 1.33. The standard InChI is InChI=1S/C20H18N6O3/c1-25-18(15-9-5-6-10-21-15)23-26(20(25)28)12-11-22-19(27)16-13-17(29-24-16)14-7-3-2-4-8-14/h2-10,13H,11-12H2,1H3,(H,22,27). The SMILES string of the molecule is Cn1c(-c2ccccn2)nn(CCNC(=O)c2cc(-c3ccccc3)on2)c1=O. The molecule has 4 rings (SSSR count). The Morgan fingerprint density at radius 2 is 1.93 bits per heavy atom. The van der Waals surface area contributed by atoms with Crippen LogP contribution in [0.2, 0.25) is 0 Å². The van der Waals surface area contributed by atoms with Crippen LogP contribution in [0.15, 0.2) is 70.1 Å². The second-order valence-corrected chi connectivity index (χ2v) is 6.30. The number of amides is 1. The third kappa shape index (κ3) is 3.84. The number of rotatable bonds is 6. The normalized spacial score (nSPS) is 10.8. The molecule has 3 heterocycles. The number of pyridine rings is 1. The lowest BCUT2D eigenvalue weighted by molar-refractivity contribution is 0.0943. The highest BCUT2D eigenvalue weighted by molar-refractivity contribution is 5.93. The number of hydrogen-bond acceptors (Lipinski definition) is 6. The van der Waals surface area contributed by atoms with Gasteiger partial charge in [0.05, 0.1) is 6.54 Å². The van der Waals surface area contributed by atoms with Crippen LogP contribution in [0, 0.1) is 0 Å². The first-order chi connectivity index (χ1) is 14.1. The van der Waals surface area contributed by atoms with Crippen LogP contribution in [0.1, 0.15) is 10.5 Å². The maximum absolute atomic E-state index is 12.4. The second-order valence-electron chi connectivity index (χ2n) is 6.30. The minimum Gasteiger partial charge on any atom is -0.355 e.